The Bertz CT molecular complexity index is 650. The second-order valence-corrected chi connectivity index (χ2v) is 6.24. The Labute approximate surface area is 137 Å². The minimum absolute atomic E-state index is 0.0400. The van der Waals surface area contributed by atoms with Crippen LogP contribution in [0.4, 0.5) is 14.3 Å². The highest BCUT2D eigenvalue weighted by atomic mass is 32.1. The number of anilines is 1. The number of halogens is 1. The average Bonchev–Trinajstić information content (AvgIpc) is 2.92. The molecule has 8 heteroatoms. The Balaban J connectivity index is 1.85. The number of nitrogens with zero attached hydrogens (tertiary/aromatic N) is 2. The molecule has 1 aromatic heterocycles. The molecule has 2 aromatic rings. The Morgan fingerprint density at radius 3 is 3.00 bits per heavy atom. The molecule has 1 atom stereocenters. The van der Waals surface area contributed by atoms with E-state index in [0.29, 0.717) is 29.4 Å². The predicted octanol–water partition coefficient (Wildman–Crippen LogP) is 2.55. The minimum Gasteiger partial charge on any atom is -0.396 e. The maximum absolute atomic E-state index is 13.1. The monoisotopic (exact) mass is 338 g/mol. The summed E-state index contributed by atoms with van der Waals surface area (Å²) >= 11 is 1.25. The van der Waals surface area contributed by atoms with Gasteiger partial charge in [0.25, 0.3) is 0 Å². The van der Waals surface area contributed by atoms with Crippen molar-refractivity contribution in [3.63, 3.8) is 0 Å². The summed E-state index contributed by atoms with van der Waals surface area (Å²) in [6.07, 6.45) is 1.80. The standard InChI is InChI=1S/C15H19FN4O2S/c1-10(4-3-7-21)17-14(22)18-15-20-19-13(23-15)9-11-5-2-6-12(16)8-11/h2,5-6,8,10,21H,3-4,7,9H2,1H3,(H2,17,18,20,22). The molecule has 0 fully saturated rings. The zero-order chi connectivity index (χ0) is 16.7. The van der Waals surface area contributed by atoms with E-state index in [-0.39, 0.29) is 24.5 Å². The van der Waals surface area contributed by atoms with Crippen molar-refractivity contribution in [2.45, 2.75) is 32.2 Å². The number of aliphatic hydroxyl groups is 1. The molecule has 3 N–H and O–H groups in total. The van der Waals surface area contributed by atoms with E-state index in [0.717, 1.165) is 5.56 Å². The second-order valence-electron chi connectivity index (χ2n) is 5.17. The van der Waals surface area contributed by atoms with Crippen LogP contribution in [0.1, 0.15) is 30.3 Å². The zero-order valence-electron chi connectivity index (χ0n) is 12.8. The lowest BCUT2D eigenvalue weighted by Crippen LogP contribution is -2.36. The first kappa shape index (κ1) is 17.3. The number of benzene rings is 1. The fourth-order valence-corrected chi connectivity index (χ4v) is 2.79. The van der Waals surface area contributed by atoms with E-state index in [9.17, 15) is 9.18 Å². The van der Waals surface area contributed by atoms with E-state index in [1.54, 1.807) is 6.07 Å². The van der Waals surface area contributed by atoms with Gasteiger partial charge in [0.1, 0.15) is 10.8 Å². The molecule has 1 aromatic carbocycles. The summed E-state index contributed by atoms with van der Waals surface area (Å²) in [7, 11) is 0. The Morgan fingerprint density at radius 1 is 1.43 bits per heavy atom. The van der Waals surface area contributed by atoms with Crippen LogP contribution in [0.15, 0.2) is 24.3 Å². The minimum atomic E-state index is -0.358. The van der Waals surface area contributed by atoms with Gasteiger partial charge in [-0.2, -0.15) is 0 Å². The van der Waals surface area contributed by atoms with Gasteiger partial charge in [-0.3, -0.25) is 5.32 Å². The number of carbonyl (C=O) groups excluding carboxylic acids is 1. The van der Waals surface area contributed by atoms with E-state index in [1.165, 1.54) is 23.5 Å². The third-order valence-corrected chi connectivity index (χ3v) is 3.94. The van der Waals surface area contributed by atoms with Gasteiger partial charge in [-0.25, -0.2) is 9.18 Å². The maximum atomic E-state index is 13.1. The quantitative estimate of drug-likeness (QED) is 0.724. The lowest BCUT2D eigenvalue weighted by molar-refractivity contribution is 0.245. The van der Waals surface area contributed by atoms with Gasteiger partial charge in [0.15, 0.2) is 0 Å². The molecule has 1 heterocycles. The summed E-state index contributed by atoms with van der Waals surface area (Å²) in [5.41, 5.74) is 0.801. The van der Waals surface area contributed by atoms with Crippen molar-refractivity contribution >= 4 is 22.5 Å². The molecule has 0 saturated carbocycles. The topological polar surface area (TPSA) is 87.1 Å². The van der Waals surface area contributed by atoms with Crippen LogP contribution < -0.4 is 10.6 Å². The van der Waals surface area contributed by atoms with E-state index >= 15 is 0 Å². The number of aromatic nitrogens is 2. The van der Waals surface area contributed by atoms with Crippen molar-refractivity contribution in [2.24, 2.45) is 0 Å². The number of aliphatic hydroxyl groups excluding tert-OH is 1. The van der Waals surface area contributed by atoms with Gasteiger partial charge in [0.2, 0.25) is 5.13 Å². The second kappa shape index (κ2) is 8.54. The molecule has 1 unspecified atom stereocenters. The molecule has 124 valence electrons. The first-order valence-corrected chi connectivity index (χ1v) is 8.13. The van der Waals surface area contributed by atoms with Crippen LogP contribution in [-0.4, -0.2) is 34.0 Å². The Kier molecular flexibility index (Phi) is 6.42. The molecular weight excluding hydrogens is 319 g/mol. The highest BCUT2D eigenvalue weighted by Gasteiger charge is 2.11. The number of hydrogen-bond acceptors (Lipinski definition) is 5. The Hall–Kier alpha value is -2.06. The lowest BCUT2D eigenvalue weighted by atomic mass is 10.1. The summed E-state index contributed by atoms with van der Waals surface area (Å²) in [5, 5.41) is 23.1. The third kappa shape index (κ3) is 5.91. The van der Waals surface area contributed by atoms with Crippen LogP contribution in [0.3, 0.4) is 0 Å². The maximum Gasteiger partial charge on any atom is 0.321 e. The number of rotatable bonds is 7. The number of hydrogen-bond donors (Lipinski definition) is 3. The van der Waals surface area contributed by atoms with Gasteiger partial charge in [-0.15, -0.1) is 10.2 Å². The van der Waals surface area contributed by atoms with Crippen LogP contribution in [-0.2, 0) is 6.42 Å². The van der Waals surface area contributed by atoms with Crippen LogP contribution in [0.2, 0.25) is 0 Å². The normalized spacial score (nSPS) is 12.0. The van der Waals surface area contributed by atoms with Gasteiger partial charge >= 0.3 is 6.03 Å². The summed E-state index contributed by atoms with van der Waals surface area (Å²) < 4.78 is 13.1. The summed E-state index contributed by atoms with van der Waals surface area (Å²) in [6.45, 7) is 1.97. The molecule has 6 nitrogen and oxygen atoms in total. The molecule has 23 heavy (non-hydrogen) atoms. The van der Waals surface area contributed by atoms with Gasteiger partial charge in [0.05, 0.1) is 0 Å². The van der Waals surface area contributed by atoms with Crippen molar-refractivity contribution in [1.82, 2.24) is 15.5 Å². The van der Waals surface area contributed by atoms with Crippen LogP contribution >= 0.6 is 11.3 Å². The zero-order valence-corrected chi connectivity index (χ0v) is 13.6. The fraction of sp³-hybridized carbons (Fsp3) is 0.400. The van der Waals surface area contributed by atoms with Crippen molar-refractivity contribution in [1.29, 1.82) is 0 Å². The molecule has 0 aliphatic rings. The molecule has 0 aliphatic carbocycles. The smallest absolute Gasteiger partial charge is 0.321 e. The molecule has 0 spiro atoms. The van der Waals surface area contributed by atoms with Crippen molar-refractivity contribution in [3.8, 4) is 0 Å². The molecule has 2 amide bonds. The summed E-state index contributed by atoms with van der Waals surface area (Å²) in [4.78, 5) is 11.8. The average molecular weight is 338 g/mol. The van der Waals surface area contributed by atoms with E-state index < -0.39 is 0 Å². The largest absolute Gasteiger partial charge is 0.396 e. The molecule has 0 radical (unpaired) electrons. The van der Waals surface area contributed by atoms with Crippen molar-refractivity contribution in [2.75, 3.05) is 11.9 Å². The summed E-state index contributed by atoms with van der Waals surface area (Å²) in [6, 6.07) is 5.90. The van der Waals surface area contributed by atoms with Crippen LogP contribution in [0, 0.1) is 5.82 Å². The third-order valence-electron chi connectivity index (χ3n) is 3.10. The first-order chi connectivity index (χ1) is 11.1. The van der Waals surface area contributed by atoms with E-state index in [2.05, 4.69) is 20.8 Å². The fourth-order valence-electron chi connectivity index (χ4n) is 2.02. The van der Waals surface area contributed by atoms with E-state index in [1.807, 2.05) is 13.0 Å². The molecule has 0 aliphatic heterocycles. The molecule has 0 saturated heterocycles. The van der Waals surface area contributed by atoms with Crippen LogP contribution in [0.25, 0.3) is 0 Å². The lowest BCUT2D eigenvalue weighted by Gasteiger charge is -2.12. The summed E-state index contributed by atoms with van der Waals surface area (Å²) in [5.74, 6) is -0.290. The Morgan fingerprint density at radius 2 is 2.26 bits per heavy atom. The van der Waals surface area contributed by atoms with Gasteiger partial charge in [-0.1, -0.05) is 23.5 Å². The van der Waals surface area contributed by atoms with Gasteiger partial charge < -0.3 is 10.4 Å². The first-order valence-electron chi connectivity index (χ1n) is 7.32. The van der Waals surface area contributed by atoms with Crippen molar-refractivity contribution < 1.29 is 14.3 Å². The van der Waals surface area contributed by atoms with Crippen LogP contribution in [0.5, 0.6) is 0 Å². The molecule has 2 rings (SSSR count). The number of amides is 2. The molecule has 0 bridgehead atoms. The van der Waals surface area contributed by atoms with Crippen molar-refractivity contribution in [3.05, 3.63) is 40.7 Å². The number of nitrogens with one attached hydrogen (secondary N) is 2. The highest BCUT2D eigenvalue weighted by molar-refractivity contribution is 7.15. The molecular formula is C15H19FN4O2S. The van der Waals surface area contributed by atoms with Gasteiger partial charge in [0, 0.05) is 19.1 Å². The predicted molar refractivity (Wildman–Crippen MR) is 87.1 cm³/mol. The highest BCUT2D eigenvalue weighted by Crippen LogP contribution is 2.18. The number of carbonyl (C=O) groups is 1. The SMILES string of the molecule is CC(CCCO)NC(=O)Nc1nnc(Cc2cccc(F)c2)s1. The number of urea groups is 1. The van der Waals surface area contributed by atoms with Gasteiger partial charge in [-0.05, 0) is 37.5 Å². The van der Waals surface area contributed by atoms with E-state index in [4.69, 9.17) is 5.11 Å².